The Morgan fingerprint density at radius 3 is 2.70 bits per heavy atom. The van der Waals surface area contributed by atoms with Gasteiger partial charge in [-0.05, 0) is 24.6 Å². The molecule has 1 aliphatic heterocycles. The van der Waals surface area contributed by atoms with Gasteiger partial charge in [0, 0.05) is 6.42 Å². The molecule has 1 unspecified atom stereocenters. The fraction of sp³-hybridized carbons (Fsp3) is 0.500. The third kappa shape index (κ3) is 3.12. The lowest BCUT2D eigenvalue weighted by Gasteiger charge is -2.22. The van der Waals surface area contributed by atoms with Crippen molar-refractivity contribution < 1.29 is 22.7 Å². The van der Waals surface area contributed by atoms with Crippen molar-refractivity contribution in [3.8, 4) is 11.5 Å². The highest BCUT2D eigenvalue weighted by molar-refractivity contribution is 7.91. The zero-order valence-electron chi connectivity index (χ0n) is 11.6. The molecular formula is C14H18O5S. The summed E-state index contributed by atoms with van der Waals surface area (Å²) >= 11 is 0. The first-order valence-electron chi connectivity index (χ1n) is 6.50. The molecule has 0 amide bonds. The lowest BCUT2D eigenvalue weighted by atomic mass is 9.94. The second-order valence-electron chi connectivity index (χ2n) is 4.73. The number of ether oxygens (including phenoxy) is 2. The molecule has 20 heavy (non-hydrogen) atoms. The average Bonchev–Trinajstić information content (AvgIpc) is 2.42. The maximum atomic E-state index is 12.0. The summed E-state index contributed by atoms with van der Waals surface area (Å²) in [6.07, 6.45) is 0.0863. The molecular weight excluding hydrogens is 280 g/mol. The van der Waals surface area contributed by atoms with Crippen LogP contribution < -0.4 is 9.47 Å². The van der Waals surface area contributed by atoms with Crippen LogP contribution in [-0.4, -0.2) is 39.4 Å². The summed E-state index contributed by atoms with van der Waals surface area (Å²) < 4.78 is 34.1. The molecule has 0 aromatic heterocycles. The lowest BCUT2D eigenvalue weighted by molar-refractivity contribution is -0.119. The summed E-state index contributed by atoms with van der Waals surface area (Å²) in [7, 11) is -1.61. The zero-order valence-corrected chi connectivity index (χ0v) is 12.4. The van der Waals surface area contributed by atoms with E-state index in [4.69, 9.17) is 9.47 Å². The van der Waals surface area contributed by atoms with E-state index in [1.807, 2.05) is 6.92 Å². The van der Waals surface area contributed by atoms with Gasteiger partial charge in [-0.15, -0.1) is 0 Å². The van der Waals surface area contributed by atoms with Crippen LogP contribution in [0.4, 0.5) is 0 Å². The number of benzene rings is 1. The first-order chi connectivity index (χ1) is 9.46. The summed E-state index contributed by atoms with van der Waals surface area (Å²) in [4.78, 5) is 12.0. The van der Waals surface area contributed by atoms with E-state index in [0.717, 1.165) is 0 Å². The fourth-order valence-corrected chi connectivity index (χ4v) is 3.89. The van der Waals surface area contributed by atoms with Crippen LogP contribution in [0, 0.1) is 0 Å². The maximum absolute atomic E-state index is 12.0. The van der Waals surface area contributed by atoms with E-state index in [0.29, 0.717) is 23.7 Å². The molecule has 110 valence electrons. The van der Waals surface area contributed by atoms with Crippen LogP contribution in [0.1, 0.15) is 24.8 Å². The van der Waals surface area contributed by atoms with E-state index in [1.165, 1.54) is 7.11 Å². The molecule has 5 nitrogen and oxygen atoms in total. The van der Waals surface area contributed by atoms with Crippen LogP contribution in [0.15, 0.2) is 18.2 Å². The molecule has 1 saturated heterocycles. The van der Waals surface area contributed by atoms with Gasteiger partial charge < -0.3 is 9.47 Å². The van der Waals surface area contributed by atoms with E-state index >= 15 is 0 Å². The van der Waals surface area contributed by atoms with Gasteiger partial charge in [0.25, 0.3) is 0 Å². The predicted molar refractivity (Wildman–Crippen MR) is 75.2 cm³/mol. The fourth-order valence-electron chi connectivity index (χ4n) is 2.32. The molecule has 1 aromatic carbocycles. The van der Waals surface area contributed by atoms with E-state index in [2.05, 4.69) is 0 Å². The summed E-state index contributed by atoms with van der Waals surface area (Å²) in [6.45, 7) is 2.32. The van der Waals surface area contributed by atoms with Gasteiger partial charge in [-0.3, -0.25) is 4.79 Å². The van der Waals surface area contributed by atoms with Crippen molar-refractivity contribution in [3.63, 3.8) is 0 Å². The first-order valence-corrected chi connectivity index (χ1v) is 8.33. The zero-order chi connectivity index (χ0) is 14.8. The topological polar surface area (TPSA) is 69.7 Å². The van der Waals surface area contributed by atoms with E-state index < -0.39 is 15.8 Å². The Hall–Kier alpha value is -1.56. The monoisotopic (exact) mass is 298 g/mol. The number of rotatable bonds is 4. The van der Waals surface area contributed by atoms with Crippen LogP contribution in [0.2, 0.25) is 0 Å². The van der Waals surface area contributed by atoms with Gasteiger partial charge in [0.2, 0.25) is 0 Å². The quantitative estimate of drug-likeness (QED) is 0.844. The minimum atomic E-state index is -3.15. The van der Waals surface area contributed by atoms with Gasteiger partial charge in [0.15, 0.2) is 21.3 Å². The molecule has 1 heterocycles. The maximum Gasteiger partial charge on any atom is 0.161 e. The minimum absolute atomic E-state index is 0.0348. The Morgan fingerprint density at radius 2 is 2.05 bits per heavy atom. The molecule has 0 radical (unpaired) electrons. The highest BCUT2D eigenvalue weighted by atomic mass is 32.2. The molecule has 0 aliphatic carbocycles. The van der Waals surface area contributed by atoms with Crippen molar-refractivity contribution in [1.29, 1.82) is 0 Å². The van der Waals surface area contributed by atoms with Crippen LogP contribution in [-0.2, 0) is 14.6 Å². The highest BCUT2D eigenvalue weighted by Gasteiger charge is 2.33. The van der Waals surface area contributed by atoms with Gasteiger partial charge in [-0.2, -0.15) is 0 Å². The molecule has 0 spiro atoms. The van der Waals surface area contributed by atoms with Gasteiger partial charge in [-0.1, -0.05) is 6.07 Å². The molecule has 1 atom stereocenters. The van der Waals surface area contributed by atoms with Crippen LogP contribution in [0.3, 0.4) is 0 Å². The molecule has 0 N–H and O–H groups in total. The lowest BCUT2D eigenvalue weighted by Crippen LogP contribution is -2.31. The van der Waals surface area contributed by atoms with E-state index in [1.54, 1.807) is 18.2 Å². The van der Waals surface area contributed by atoms with Crippen molar-refractivity contribution in [2.24, 2.45) is 0 Å². The second kappa shape index (κ2) is 5.83. The standard InChI is InChI=1S/C14H18O5S/c1-3-19-14-8-10(4-5-13(14)18-2)11-9-20(16,17)7-6-12(11)15/h4-5,8,11H,3,6-7,9H2,1-2H3. The molecule has 0 saturated carbocycles. The summed E-state index contributed by atoms with van der Waals surface area (Å²) in [5.74, 6) is 0.303. The molecule has 1 aliphatic rings. The number of sulfone groups is 1. The third-order valence-electron chi connectivity index (χ3n) is 3.36. The summed E-state index contributed by atoms with van der Waals surface area (Å²) in [5.41, 5.74) is 0.669. The Morgan fingerprint density at radius 1 is 1.30 bits per heavy atom. The Bertz CT molecular complexity index is 606. The van der Waals surface area contributed by atoms with E-state index in [9.17, 15) is 13.2 Å². The number of ketones is 1. The Labute approximate surface area is 118 Å². The van der Waals surface area contributed by atoms with Crippen molar-refractivity contribution in [3.05, 3.63) is 23.8 Å². The van der Waals surface area contributed by atoms with Crippen molar-refractivity contribution in [2.75, 3.05) is 25.2 Å². The average molecular weight is 298 g/mol. The van der Waals surface area contributed by atoms with Crippen molar-refractivity contribution in [1.82, 2.24) is 0 Å². The predicted octanol–water partition coefficient (Wildman–Crippen LogP) is 1.57. The Balaban J connectivity index is 2.36. The highest BCUT2D eigenvalue weighted by Crippen LogP contribution is 2.33. The number of carbonyl (C=O) groups is 1. The number of methoxy groups -OCH3 is 1. The summed E-state index contributed by atoms with van der Waals surface area (Å²) in [6, 6.07) is 5.13. The number of carbonyl (C=O) groups excluding carboxylic acids is 1. The normalized spacial score (nSPS) is 21.5. The van der Waals surface area contributed by atoms with Crippen molar-refractivity contribution in [2.45, 2.75) is 19.3 Å². The first kappa shape index (κ1) is 14.8. The van der Waals surface area contributed by atoms with E-state index in [-0.39, 0.29) is 23.7 Å². The van der Waals surface area contributed by atoms with Gasteiger partial charge in [0.1, 0.15) is 5.78 Å². The largest absolute Gasteiger partial charge is 0.493 e. The molecule has 2 rings (SSSR count). The number of Topliss-reactive ketones (excluding diaryl/α,β-unsaturated/α-hetero) is 1. The van der Waals surface area contributed by atoms with Crippen LogP contribution >= 0.6 is 0 Å². The van der Waals surface area contributed by atoms with Gasteiger partial charge >= 0.3 is 0 Å². The minimum Gasteiger partial charge on any atom is -0.493 e. The van der Waals surface area contributed by atoms with Crippen LogP contribution in [0.5, 0.6) is 11.5 Å². The van der Waals surface area contributed by atoms with Gasteiger partial charge in [0.05, 0.1) is 31.1 Å². The molecule has 1 fully saturated rings. The smallest absolute Gasteiger partial charge is 0.161 e. The molecule has 0 bridgehead atoms. The number of hydrogen-bond acceptors (Lipinski definition) is 5. The third-order valence-corrected chi connectivity index (χ3v) is 5.03. The van der Waals surface area contributed by atoms with Crippen LogP contribution in [0.25, 0.3) is 0 Å². The molecule has 1 aromatic rings. The van der Waals surface area contributed by atoms with Crippen molar-refractivity contribution >= 4 is 15.6 Å². The SMILES string of the molecule is CCOc1cc(C2CS(=O)(=O)CCC2=O)ccc1OC. The second-order valence-corrected chi connectivity index (χ2v) is 6.96. The summed E-state index contributed by atoms with van der Waals surface area (Å²) in [5, 5.41) is 0. The number of hydrogen-bond donors (Lipinski definition) is 0. The molecule has 6 heteroatoms. The van der Waals surface area contributed by atoms with Gasteiger partial charge in [-0.25, -0.2) is 8.42 Å². The Kier molecular flexibility index (Phi) is 4.32.